The van der Waals surface area contributed by atoms with Gasteiger partial charge in [0.05, 0.1) is 18.0 Å². The van der Waals surface area contributed by atoms with Gasteiger partial charge in [-0.3, -0.25) is 0 Å². The van der Waals surface area contributed by atoms with E-state index in [1.807, 2.05) is 0 Å². The van der Waals surface area contributed by atoms with Crippen LogP contribution in [0.3, 0.4) is 0 Å². The molecule has 0 amide bonds. The van der Waals surface area contributed by atoms with Crippen molar-refractivity contribution in [2.45, 2.75) is 13.8 Å². The first-order valence-electron chi connectivity index (χ1n) is 5.99. The van der Waals surface area contributed by atoms with Gasteiger partial charge in [0.2, 0.25) is 0 Å². The van der Waals surface area contributed by atoms with Gasteiger partial charge < -0.3 is 10.1 Å². The number of hydrogen-bond donors (Lipinski definition) is 1. The number of benzene rings is 1. The van der Waals surface area contributed by atoms with Crippen LogP contribution in [0.2, 0.25) is 0 Å². The minimum Gasteiger partial charge on any atom is -0.462 e. The smallest absolute Gasteiger partial charge is 0.343 e. The Morgan fingerprint density at radius 1 is 1.38 bits per heavy atom. The quantitative estimate of drug-likeness (QED) is 0.689. The molecule has 0 radical (unpaired) electrons. The highest BCUT2D eigenvalue weighted by molar-refractivity contribution is 7.10. The van der Waals surface area contributed by atoms with Crippen molar-refractivity contribution in [2.75, 3.05) is 11.9 Å². The number of halogens is 3. The zero-order valence-corrected chi connectivity index (χ0v) is 12.0. The molecule has 0 bridgehead atoms. The summed E-state index contributed by atoms with van der Waals surface area (Å²) < 4.78 is 48.8. The standard InChI is InChI=1S/C13H11F3N2O2S/c1-3-20-13(19)10-6(2)18-21-12(10)17-9-5-7(14)4-8(15)11(9)16/h4-5,17H,3H2,1-2H3. The Labute approximate surface area is 122 Å². The van der Waals surface area contributed by atoms with Gasteiger partial charge in [-0.25, -0.2) is 18.0 Å². The average molecular weight is 316 g/mol. The monoisotopic (exact) mass is 316 g/mol. The van der Waals surface area contributed by atoms with Crippen LogP contribution in [0.1, 0.15) is 23.0 Å². The van der Waals surface area contributed by atoms with Gasteiger partial charge >= 0.3 is 5.97 Å². The largest absolute Gasteiger partial charge is 0.462 e. The number of anilines is 2. The maximum Gasteiger partial charge on any atom is 0.343 e. The molecule has 112 valence electrons. The summed E-state index contributed by atoms with van der Waals surface area (Å²) in [7, 11) is 0. The predicted molar refractivity (Wildman–Crippen MR) is 72.4 cm³/mol. The number of nitrogens with one attached hydrogen (secondary N) is 1. The second kappa shape index (κ2) is 6.13. The molecule has 1 aromatic carbocycles. The van der Waals surface area contributed by atoms with Gasteiger partial charge in [0.25, 0.3) is 0 Å². The van der Waals surface area contributed by atoms with Crippen LogP contribution in [-0.2, 0) is 4.74 Å². The Kier molecular flexibility index (Phi) is 4.46. The van der Waals surface area contributed by atoms with E-state index >= 15 is 0 Å². The van der Waals surface area contributed by atoms with Crippen molar-refractivity contribution < 1.29 is 22.7 Å². The topological polar surface area (TPSA) is 51.2 Å². The first kappa shape index (κ1) is 15.3. The summed E-state index contributed by atoms with van der Waals surface area (Å²) in [6.07, 6.45) is 0. The number of hydrogen-bond acceptors (Lipinski definition) is 5. The molecule has 21 heavy (non-hydrogen) atoms. The molecule has 2 rings (SSSR count). The summed E-state index contributed by atoms with van der Waals surface area (Å²) in [5.41, 5.74) is 0.0888. The third kappa shape index (κ3) is 3.15. The lowest BCUT2D eigenvalue weighted by molar-refractivity contribution is 0.0527. The van der Waals surface area contributed by atoms with E-state index in [-0.39, 0.29) is 17.2 Å². The lowest BCUT2D eigenvalue weighted by Crippen LogP contribution is -2.08. The number of rotatable bonds is 4. The minimum atomic E-state index is -1.32. The number of ether oxygens (including phenoxy) is 1. The molecule has 1 aromatic heterocycles. The van der Waals surface area contributed by atoms with Crippen molar-refractivity contribution in [3.05, 3.63) is 40.8 Å². The first-order valence-corrected chi connectivity index (χ1v) is 6.76. The molecule has 1 heterocycles. The number of carbonyl (C=O) groups excluding carboxylic acids is 1. The van der Waals surface area contributed by atoms with Crippen LogP contribution in [0.4, 0.5) is 23.9 Å². The van der Waals surface area contributed by atoms with Crippen LogP contribution in [0.25, 0.3) is 0 Å². The molecular weight excluding hydrogens is 305 g/mol. The van der Waals surface area contributed by atoms with Gasteiger partial charge in [0.1, 0.15) is 16.4 Å². The zero-order chi connectivity index (χ0) is 15.6. The van der Waals surface area contributed by atoms with E-state index in [9.17, 15) is 18.0 Å². The Hall–Kier alpha value is -2.09. The number of aryl methyl sites for hydroxylation is 1. The Morgan fingerprint density at radius 3 is 2.76 bits per heavy atom. The maximum absolute atomic E-state index is 13.6. The summed E-state index contributed by atoms with van der Waals surface area (Å²) in [6.45, 7) is 3.38. The molecule has 0 saturated carbocycles. The molecule has 0 fully saturated rings. The maximum atomic E-state index is 13.6. The molecule has 0 atom stereocenters. The van der Waals surface area contributed by atoms with Gasteiger partial charge in [-0.1, -0.05) is 0 Å². The van der Waals surface area contributed by atoms with Gasteiger partial charge in [0.15, 0.2) is 11.6 Å². The second-order valence-corrected chi connectivity index (χ2v) is 4.84. The molecule has 0 spiro atoms. The van der Waals surface area contributed by atoms with Crippen molar-refractivity contribution in [2.24, 2.45) is 0 Å². The van der Waals surface area contributed by atoms with E-state index in [1.165, 1.54) is 0 Å². The molecule has 4 nitrogen and oxygen atoms in total. The van der Waals surface area contributed by atoms with E-state index in [4.69, 9.17) is 4.74 Å². The van der Waals surface area contributed by atoms with E-state index < -0.39 is 29.1 Å². The predicted octanol–water partition coefficient (Wildman–Crippen LogP) is 3.79. The minimum absolute atomic E-state index is 0.117. The number of nitrogens with zero attached hydrogens (tertiary/aromatic N) is 1. The van der Waals surface area contributed by atoms with Crippen LogP contribution >= 0.6 is 11.5 Å². The number of esters is 1. The molecule has 0 aliphatic carbocycles. The third-order valence-corrected chi connectivity index (χ3v) is 3.44. The highest BCUT2D eigenvalue weighted by atomic mass is 32.1. The Morgan fingerprint density at radius 2 is 2.10 bits per heavy atom. The highest BCUT2D eigenvalue weighted by Gasteiger charge is 2.21. The molecule has 0 aliphatic heterocycles. The summed E-state index contributed by atoms with van der Waals surface area (Å²) >= 11 is 0.872. The van der Waals surface area contributed by atoms with Gasteiger partial charge in [0, 0.05) is 12.1 Å². The normalized spacial score (nSPS) is 10.5. The molecule has 0 aliphatic rings. The van der Waals surface area contributed by atoms with Crippen LogP contribution < -0.4 is 5.32 Å². The van der Waals surface area contributed by atoms with Crippen LogP contribution in [0, 0.1) is 24.4 Å². The Bertz CT molecular complexity index is 688. The zero-order valence-electron chi connectivity index (χ0n) is 11.2. The van der Waals surface area contributed by atoms with Gasteiger partial charge in [-0.2, -0.15) is 4.37 Å². The highest BCUT2D eigenvalue weighted by Crippen LogP contribution is 2.30. The van der Waals surface area contributed by atoms with E-state index in [0.717, 1.165) is 17.6 Å². The number of carbonyl (C=O) groups is 1. The molecule has 8 heteroatoms. The fourth-order valence-electron chi connectivity index (χ4n) is 1.67. The summed E-state index contributed by atoms with van der Waals surface area (Å²) in [5, 5.41) is 2.64. The summed E-state index contributed by atoms with van der Waals surface area (Å²) in [5.74, 6) is -4.13. The lowest BCUT2D eigenvalue weighted by Gasteiger charge is -2.08. The average Bonchev–Trinajstić information content (AvgIpc) is 2.77. The molecule has 2 aromatic rings. The lowest BCUT2D eigenvalue weighted by atomic mass is 10.2. The van der Waals surface area contributed by atoms with Crippen molar-refractivity contribution in [1.82, 2.24) is 4.37 Å². The van der Waals surface area contributed by atoms with E-state index in [1.54, 1.807) is 13.8 Å². The second-order valence-electron chi connectivity index (χ2n) is 4.07. The summed E-state index contributed by atoms with van der Waals surface area (Å²) in [6, 6.07) is 1.23. The molecule has 0 saturated heterocycles. The van der Waals surface area contributed by atoms with Crippen molar-refractivity contribution in [3.8, 4) is 0 Å². The van der Waals surface area contributed by atoms with Crippen molar-refractivity contribution in [1.29, 1.82) is 0 Å². The molecule has 1 N–H and O–H groups in total. The third-order valence-electron chi connectivity index (χ3n) is 2.58. The van der Waals surface area contributed by atoms with Crippen LogP contribution in [-0.4, -0.2) is 16.9 Å². The van der Waals surface area contributed by atoms with Gasteiger partial charge in [-0.15, -0.1) is 0 Å². The van der Waals surface area contributed by atoms with E-state index in [0.29, 0.717) is 11.8 Å². The van der Waals surface area contributed by atoms with Crippen LogP contribution in [0.5, 0.6) is 0 Å². The van der Waals surface area contributed by atoms with Crippen molar-refractivity contribution in [3.63, 3.8) is 0 Å². The first-order chi connectivity index (χ1) is 9.93. The van der Waals surface area contributed by atoms with Gasteiger partial charge in [-0.05, 0) is 25.4 Å². The molecular formula is C13H11F3N2O2S. The SMILES string of the molecule is CCOC(=O)c1c(C)nsc1Nc1cc(F)cc(F)c1F. The fourth-order valence-corrected chi connectivity index (χ4v) is 2.47. The molecule has 0 unspecified atom stereocenters. The van der Waals surface area contributed by atoms with Crippen LogP contribution in [0.15, 0.2) is 12.1 Å². The van der Waals surface area contributed by atoms with E-state index in [2.05, 4.69) is 9.69 Å². The fraction of sp³-hybridized carbons (Fsp3) is 0.231. The Balaban J connectivity index is 2.39. The number of aromatic nitrogens is 1. The summed E-state index contributed by atoms with van der Waals surface area (Å²) in [4.78, 5) is 11.8. The van der Waals surface area contributed by atoms with Crippen molar-refractivity contribution >= 4 is 28.2 Å².